The molecule has 0 spiro atoms. The summed E-state index contributed by atoms with van der Waals surface area (Å²) >= 11 is 0. The number of halogens is 1. The van der Waals surface area contributed by atoms with Crippen molar-refractivity contribution in [1.29, 1.82) is 0 Å². The highest BCUT2D eigenvalue weighted by Gasteiger charge is 2.24. The number of piperazine rings is 1. The molecule has 29 heavy (non-hydrogen) atoms. The molecule has 2 aromatic carbocycles. The predicted octanol–water partition coefficient (Wildman–Crippen LogP) is 1.85. The number of hydrogen-bond donors (Lipinski definition) is 1. The molecule has 156 valence electrons. The number of anilines is 1. The van der Waals surface area contributed by atoms with Crippen LogP contribution in [0.15, 0.2) is 53.4 Å². The molecule has 0 unspecified atom stereocenters. The lowest BCUT2D eigenvalue weighted by Crippen LogP contribution is -2.51. The Balaban J connectivity index is 1.55. The van der Waals surface area contributed by atoms with Gasteiger partial charge in [-0.05, 0) is 37.3 Å². The van der Waals surface area contributed by atoms with Crippen molar-refractivity contribution in [3.05, 3.63) is 54.3 Å². The van der Waals surface area contributed by atoms with E-state index in [1.54, 1.807) is 4.90 Å². The van der Waals surface area contributed by atoms with Gasteiger partial charge in [0.15, 0.2) is 0 Å². The Labute approximate surface area is 170 Å². The van der Waals surface area contributed by atoms with Gasteiger partial charge in [-0.1, -0.05) is 18.2 Å². The van der Waals surface area contributed by atoms with Gasteiger partial charge in [0.05, 0.1) is 23.7 Å². The molecule has 1 heterocycles. The fraction of sp³-hybridized carbons (Fsp3) is 0.350. The van der Waals surface area contributed by atoms with Crippen LogP contribution < -0.4 is 14.4 Å². The molecule has 0 atom stereocenters. The van der Waals surface area contributed by atoms with Crippen molar-refractivity contribution in [3.8, 4) is 5.75 Å². The number of carbonyl (C=O) groups is 1. The van der Waals surface area contributed by atoms with Crippen molar-refractivity contribution >= 4 is 21.6 Å². The second-order valence-corrected chi connectivity index (χ2v) is 8.32. The van der Waals surface area contributed by atoms with Crippen molar-refractivity contribution in [3.63, 3.8) is 0 Å². The Hall–Kier alpha value is -2.65. The number of carbonyl (C=O) groups excluding carboxylic acids is 1. The Kier molecular flexibility index (Phi) is 6.71. The van der Waals surface area contributed by atoms with E-state index in [1.165, 1.54) is 12.1 Å². The summed E-state index contributed by atoms with van der Waals surface area (Å²) in [7, 11) is -3.95. The molecular weight excluding hydrogens is 397 g/mol. The standard InChI is InChI=1S/C20H24FN3O4S/c1-2-28-19-9-4-3-8-18(19)23-10-12-24(13-11-23)20(25)15-22-29(26,27)17-7-5-6-16(21)14-17/h3-9,14,22H,2,10-13,15H2,1H3. The Bertz CT molecular complexity index is 960. The quantitative estimate of drug-likeness (QED) is 0.738. The van der Waals surface area contributed by atoms with Crippen LogP contribution in [0.3, 0.4) is 0 Å². The van der Waals surface area contributed by atoms with E-state index in [-0.39, 0.29) is 17.3 Å². The van der Waals surface area contributed by atoms with Gasteiger partial charge in [-0.15, -0.1) is 0 Å². The first-order chi connectivity index (χ1) is 13.9. The van der Waals surface area contributed by atoms with Crippen molar-refractivity contribution < 1.29 is 22.3 Å². The lowest BCUT2D eigenvalue weighted by atomic mass is 10.2. The summed E-state index contributed by atoms with van der Waals surface area (Å²) in [5, 5.41) is 0. The van der Waals surface area contributed by atoms with Crippen LogP contribution in [0.25, 0.3) is 0 Å². The smallest absolute Gasteiger partial charge is 0.241 e. The van der Waals surface area contributed by atoms with Crippen molar-refractivity contribution in [2.24, 2.45) is 0 Å². The van der Waals surface area contributed by atoms with Crippen LogP contribution in [0.4, 0.5) is 10.1 Å². The van der Waals surface area contributed by atoms with Crippen LogP contribution in [0.2, 0.25) is 0 Å². The first-order valence-electron chi connectivity index (χ1n) is 9.40. The second kappa shape index (κ2) is 9.23. The highest BCUT2D eigenvalue weighted by Crippen LogP contribution is 2.28. The summed E-state index contributed by atoms with van der Waals surface area (Å²) in [5.74, 6) is -0.164. The fourth-order valence-corrected chi connectivity index (χ4v) is 4.18. The first-order valence-corrected chi connectivity index (χ1v) is 10.9. The van der Waals surface area contributed by atoms with Gasteiger partial charge in [0.1, 0.15) is 11.6 Å². The third kappa shape index (κ3) is 5.24. The maximum Gasteiger partial charge on any atom is 0.241 e. The number of ether oxygens (including phenoxy) is 1. The van der Waals surface area contributed by atoms with E-state index in [1.807, 2.05) is 31.2 Å². The molecule has 0 saturated carbocycles. The molecule has 1 fully saturated rings. The Morgan fingerprint density at radius 3 is 2.52 bits per heavy atom. The predicted molar refractivity (Wildman–Crippen MR) is 108 cm³/mol. The maximum atomic E-state index is 13.3. The molecular formula is C20H24FN3O4S. The molecule has 1 saturated heterocycles. The monoisotopic (exact) mass is 421 g/mol. The summed E-state index contributed by atoms with van der Waals surface area (Å²) in [6, 6.07) is 12.4. The number of sulfonamides is 1. The molecule has 0 aliphatic carbocycles. The van der Waals surface area contributed by atoms with Gasteiger partial charge in [-0.25, -0.2) is 17.5 Å². The number of nitrogens with zero attached hydrogens (tertiary/aromatic N) is 2. The van der Waals surface area contributed by atoms with E-state index < -0.39 is 15.8 Å². The van der Waals surface area contributed by atoms with E-state index in [0.717, 1.165) is 23.6 Å². The summed E-state index contributed by atoms with van der Waals surface area (Å²) in [6.07, 6.45) is 0. The SMILES string of the molecule is CCOc1ccccc1N1CCN(C(=O)CNS(=O)(=O)c2cccc(F)c2)CC1. The van der Waals surface area contributed by atoms with Gasteiger partial charge in [-0.2, -0.15) is 0 Å². The topological polar surface area (TPSA) is 79.0 Å². The second-order valence-electron chi connectivity index (χ2n) is 6.55. The van der Waals surface area contributed by atoms with Crippen LogP contribution in [0.5, 0.6) is 5.75 Å². The van der Waals surface area contributed by atoms with Crippen LogP contribution in [0.1, 0.15) is 6.92 Å². The number of para-hydroxylation sites is 2. The molecule has 0 radical (unpaired) electrons. The van der Waals surface area contributed by atoms with Crippen LogP contribution in [0, 0.1) is 5.82 Å². The van der Waals surface area contributed by atoms with Gasteiger partial charge in [-0.3, -0.25) is 4.79 Å². The molecule has 1 amide bonds. The minimum atomic E-state index is -3.95. The molecule has 7 nitrogen and oxygen atoms in total. The van der Waals surface area contributed by atoms with E-state index in [0.29, 0.717) is 32.8 Å². The number of amides is 1. The number of rotatable bonds is 7. The summed E-state index contributed by atoms with van der Waals surface area (Å²) < 4.78 is 45.6. The first kappa shape index (κ1) is 21.1. The fourth-order valence-electron chi connectivity index (χ4n) is 3.18. The lowest BCUT2D eigenvalue weighted by Gasteiger charge is -2.36. The maximum absolute atomic E-state index is 13.3. The van der Waals surface area contributed by atoms with Gasteiger partial charge in [0.25, 0.3) is 0 Å². The molecule has 0 bridgehead atoms. The number of nitrogens with one attached hydrogen (secondary N) is 1. The van der Waals surface area contributed by atoms with Crippen molar-refractivity contribution in [2.45, 2.75) is 11.8 Å². The van der Waals surface area contributed by atoms with E-state index in [4.69, 9.17) is 4.74 Å². The molecule has 1 N–H and O–H groups in total. The minimum absolute atomic E-state index is 0.206. The highest BCUT2D eigenvalue weighted by atomic mass is 32.2. The highest BCUT2D eigenvalue weighted by molar-refractivity contribution is 7.89. The van der Waals surface area contributed by atoms with E-state index >= 15 is 0 Å². The normalized spacial score (nSPS) is 14.7. The van der Waals surface area contributed by atoms with E-state index in [9.17, 15) is 17.6 Å². The van der Waals surface area contributed by atoms with E-state index in [2.05, 4.69) is 9.62 Å². The van der Waals surface area contributed by atoms with Gasteiger partial charge >= 0.3 is 0 Å². The summed E-state index contributed by atoms with van der Waals surface area (Å²) in [4.78, 5) is 16.0. The van der Waals surface area contributed by atoms with Gasteiger partial charge in [0, 0.05) is 26.2 Å². The zero-order chi connectivity index (χ0) is 20.9. The largest absolute Gasteiger partial charge is 0.492 e. The summed E-state index contributed by atoms with van der Waals surface area (Å²) in [6.45, 7) is 4.31. The molecule has 0 aromatic heterocycles. The molecule has 1 aliphatic rings. The molecule has 9 heteroatoms. The lowest BCUT2D eigenvalue weighted by molar-refractivity contribution is -0.130. The third-order valence-corrected chi connectivity index (χ3v) is 6.06. The molecule has 1 aliphatic heterocycles. The molecule has 3 rings (SSSR count). The average Bonchev–Trinajstić information content (AvgIpc) is 2.73. The zero-order valence-corrected chi connectivity index (χ0v) is 17.0. The minimum Gasteiger partial charge on any atom is -0.492 e. The average molecular weight is 421 g/mol. The van der Waals surface area contributed by atoms with Crippen LogP contribution in [-0.4, -0.2) is 58.6 Å². The Morgan fingerprint density at radius 1 is 1.10 bits per heavy atom. The number of hydrogen-bond acceptors (Lipinski definition) is 5. The van der Waals surface area contributed by atoms with Gasteiger partial charge in [0.2, 0.25) is 15.9 Å². The summed E-state index contributed by atoms with van der Waals surface area (Å²) in [5.41, 5.74) is 0.980. The van der Waals surface area contributed by atoms with Crippen LogP contribution in [-0.2, 0) is 14.8 Å². The van der Waals surface area contributed by atoms with Crippen molar-refractivity contribution in [1.82, 2.24) is 9.62 Å². The molecule has 2 aromatic rings. The zero-order valence-electron chi connectivity index (χ0n) is 16.2. The third-order valence-electron chi connectivity index (χ3n) is 4.66. The van der Waals surface area contributed by atoms with Gasteiger partial charge < -0.3 is 14.5 Å². The Morgan fingerprint density at radius 2 is 1.83 bits per heavy atom. The van der Waals surface area contributed by atoms with Crippen molar-refractivity contribution in [2.75, 3.05) is 44.2 Å². The van der Waals surface area contributed by atoms with Crippen LogP contribution >= 0.6 is 0 Å². The number of benzene rings is 2.